The Hall–Kier alpha value is -4.12. The van der Waals surface area contributed by atoms with Gasteiger partial charge in [-0.25, -0.2) is 9.97 Å². The lowest BCUT2D eigenvalue weighted by Crippen LogP contribution is -2.03. The standard InChI is InChI=1S/C19H12N6O4S/c26-24(27)14-7-2-6-13(10-14)23-18-17(25(28)29)19(22-11-21-18)30-15-8-1-4-12-5-3-9-20-16(12)15/h1-11H,(H,21,22,23). The molecule has 2 aromatic carbocycles. The fraction of sp³-hybridized carbons (Fsp3) is 0. The van der Waals surface area contributed by atoms with Crippen LogP contribution in [0.15, 0.2) is 77.0 Å². The van der Waals surface area contributed by atoms with Crippen molar-refractivity contribution in [3.05, 3.63) is 87.4 Å². The monoisotopic (exact) mass is 420 g/mol. The van der Waals surface area contributed by atoms with Crippen LogP contribution < -0.4 is 5.32 Å². The zero-order valence-corrected chi connectivity index (χ0v) is 15.9. The number of nitro benzene ring substituents is 1. The molecule has 4 rings (SSSR count). The molecule has 0 unspecified atom stereocenters. The maximum Gasteiger partial charge on any atom is 0.343 e. The molecule has 2 aromatic heterocycles. The van der Waals surface area contributed by atoms with Crippen molar-refractivity contribution >= 4 is 45.5 Å². The molecule has 10 nitrogen and oxygen atoms in total. The third-order valence-electron chi connectivity index (χ3n) is 4.09. The molecule has 0 bridgehead atoms. The summed E-state index contributed by atoms with van der Waals surface area (Å²) >= 11 is 1.10. The Bertz CT molecular complexity index is 1280. The van der Waals surface area contributed by atoms with Gasteiger partial charge in [0.2, 0.25) is 5.82 Å². The molecule has 2 heterocycles. The van der Waals surface area contributed by atoms with Crippen LogP contribution in [0.2, 0.25) is 0 Å². The Balaban J connectivity index is 1.74. The molecule has 0 radical (unpaired) electrons. The van der Waals surface area contributed by atoms with E-state index in [9.17, 15) is 20.2 Å². The van der Waals surface area contributed by atoms with Crippen LogP contribution in [-0.2, 0) is 0 Å². The summed E-state index contributed by atoms with van der Waals surface area (Å²) in [6, 6.07) is 14.9. The molecule has 0 aliphatic carbocycles. The highest BCUT2D eigenvalue weighted by Gasteiger charge is 2.25. The van der Waals surface area contributed by atoms with Gasteiger partial charge < -0.3 is 5.32 Å². The zero-order chi connectivity index (χ0) is 21.1. The van der Waals surface area contributed by atoms with E-state index < -0.39 is 9.85 Å². The third-order valence-corrected chi connectivity index (χ3v) is 5.13. The molecule has 0 aliphatic rings. The van der Waals surface area contributed by atoms with Crippen LogP contribution in [0.4, 0.5) is 22.9 Å². The minimum atomic E-state index is -0.583. The Morgan fingerprint density at radius 3 is 2.50 bits per heavy atom. The van der Waals surface area contributed by atoms with Gasteiger partial charge in [-0.3, -0.25) is 25.2 Å². The summed E-state index contributed by atoms with van der Waals surface area (Å²) in [5.41, 5.74) is 0.523. The predicted molar refractivity (Wildman–Crippen MR) is 111 cm³/mol. The van der Waals surface area contributed by atoms with Crippen LogP contribution in [-0.4, -0.2) is 24.8 Å². The lowest BCUT2D eigenvalue weighted by molar-refractivity contribution is -0.387. The molecular formula is C19H12N6O4S. The number of fused-ring (bicyclic) bond motifs is 1. The molecular weight excluding hydrogens is 408 g/mol. The summed E-state index contributed by atoms with van der Waals surface area (Å²) in [4.78, 5) is 34.8. The van der Waals surface area contributed by atoms with Gasteiger partial charge in [-0.2, -0.15) is 0 Å². The molecule has 1 N–H and O–H groups in total. The van der Waals surface area contributed by atoms with Crippen LogP contribution in [0, 0.1) is 20.2 Å². The van der Waals surface area contributed by atoms with Crippen molar-refractivity contribution in [2.24, 2.45) is 0 Å². The van der Waals surface area contributed by atoms with Gasteiger partial charge in [0.15, 0.2) is 5.03 Å². The van der Waals surface area contributed by atoms with Crippen LogP contribution in [0.1, 0.15) is 0 Å². The average Bonchev–Trinajstić information content (AvgIpc) is 2.74. The number of non-ortho nitro benzene ring substituents is 1. The van der Waals surface area contributed by atoms with E-state index >= 15 is 0 Å². The fourth-order valence-electron chi connectivity index (χ4n) is 2.79. The number of hydrogen-bond donors (Lipinski definition) is 1. The van der Waals surface area contributed by atoms with E-state index in [-0.39, 0.29) is 22.2 Å². The summed E-state index contributed by atoms with van der Waals surface area (Å²) < 4.78 is 0. The second-order valence-electron chi connectivity index (χ2n) is 6.00. The van der Waals surface area contributed by atoms with E-state index in [0.29, 0.717) is 16.1 Å². The molecule has 4 aromatic rings. The maximum atomic E-state index is 11.8. The van der Waals surface area contributed by atoms with Gasteiger partial charge >= 0.3 is 5.69 Å². The summed E-state index contributed by atoms with van der Waals surface area (Å²) in [7, 11) is 0. The number of aromatic nitrogens is 3. The maximum absolute atomic E-state index is 11.8. The molecule has 11 heteroatoms. The Morgan fingerprint density at radius 1 is 0.900 bits per heavy atom. The largest absolute Gasteiger partial charge is 0.343 e. The molecule has 30 heavy (non-hydrogen) atoms. The molecule has 0 saturated heterocycles. The first-order valence-corrected chi connectivity index (χ1v) is 9.37. The highest BCUT2D eigenvalue weighted by Crippen LogP contribution is 2.39. The van der Waals surface area contributed by atoms with Gasteiger partial charge in [-0.05, 0) is 18.2 Å². The fourth-order valence-corrected chi connectivity index (χ4v) is 3.78. The summed E-state index contributed by atoms with van der Waals surface area (Å²) in [5, 5.41) is 26.6. The lowest BCUT2D eigenvalue weighted by Gasteiger charge is -2.09. The number of hydrogen-bond acceptors (Lipinski definition) is 9. The van der Waals surface area contributed by atoms with Crippen LogP contribution in [0.3, 0.4) is 0 Å². The van der Waals surface area contributed by atoms with Gasteiger partial charge in [0, 0.05) is 34.3 Å². The van der Waals surface area contributed by atoms with Gasteiger partial charge in [0.1, 0.15) is 6.33 Å². The minimum Gasteiger partial charge on any atom is -0.334 e. The van der Waals surface area contributed by atoms with Crippen LogP contribution in [0.25, 0.3) is 10.9 Å². The quantitative estimate of drug-likeness (QED) is 0.266. The highest BCUT2D eigenvalue weighted by molar-refractivity contribution is 7.99. The predicted octanol–water partition coefficient (Wildman–Crippen LogP) is 4.74. The van der Waals surface area contributed by atoms with Crippen molar-refractivity contribution in [1.82, 2.24) is 15.0 Å². The van der Waals surface area contributed by atoms with E-state index in [1.165, 1.54) is 24.5 Å². The lowest BCUT2D eigenvalue weighted by atomic mass is 10.2. The Labute approximate surface area is 173 Å². The summed E-state index contributed by atoms with van der Waals surface area (Å²) in [5.74, 6) is -0.0637. The van der Waals surface area contributed by atoms with Gasteiger partial charge in [-0.15, -0.1) is 0 Å². The van der Waals surface area contributed by atoms with Crippen molar-refractivity contribution in [3.63, 3.8) is 0 Å². The first-order valence-electron chi connectivity index (χ1n) is 8.55. The topological polar surface area (TPSA) is 137 Å². The first-order chi connectivity index (χ1) is 14.5. The van der Waals surface area contributed by atoms with Gasteiger partial charge in [-0.1, -0.05) is 36.0 Å². The summed E-state index contributed by atoms with van der Waals surface area (Å²) in [6.45, 7) is 0. The highest BCUT2D eigenvalue weighted by atomic mass is 32.2. The van der Waals surface area contributed by atoms with E-state index in [2.05, 4.69) is 20.3 Å². The van der Waals surface area contributed by atoms with Crippen molar-refractivity contribution in [1.29, 1.82) is 0 Å². The second kappa shape index (κ2) is 8.09. The van der Waals surface area contributed by atoms with Crippen LogP contribution >= 0.6 is 11.8 Å². The van der Waals surface area contributed by atoms with Crippen molar-refractivity contribution < 1.29 is 9.85 Å². The zero-order valence-electron chi connectivity index (χ0n) is 15.1. The molecule has 148 valence electrons. The Kier molecular flexibility index (Phi) is 5.18. The molecule has 0 spiro atoms. The van der Waals surface area contributed by atoms with E-state index in [4.69, 9.17) is 0 Å². The Morgan fingerprint density at radius 2 is 1.70 bits per heavy atom. The summed E-state index contributed by atoms with van der Waals surface area (Å²) in [6.07, 6.45) is 2.85. The third kappa shape index (κ3) is 3.86. The molecule has 0 fully saturated rings. The number of pyridine rings is 1. The number of nitrogens with one attached hydrogen (secondary N) is 1. The van der Waals surface area contributed by atoms with Gasteiger partial charge in [0.05, 0.1) is 15.4 Å². The SMILES string of the molecule is O=[N+]([O-])c1cccc(Nc2ncnc(Sc3cccc4cccnc34)c2[N+](=O)[O-])c1. The number of para-hydroxylation sites is 1. The average molecular weight is 420 g/mol. The molecule has 0 amide bonds. The van der Waals surface area contributed by atoms with Gasteiger partial charge in [0.25, 0.3) is 5.69 Å². The van der Waals surface area contributed by atoms with E-state index in [0.717, 1.165) is 17.1 Å². The van der Waals surface area contributed by atoms with Crippen molar-refractivity contribution in [3.8, 4) is 0 Å². The number of nitrogens with zero attached hydrogens (tertiary/aromatic N) is 5. The molecule has 0 saturated carbocycles. The minimum absolute atomic E-state index is 0.0637. The first kappa shape index (κ1) is 19.2. The van der Waals surface area contributed by atoms with Crippen molar-refractivity contribution in [2.45, 2.75) is 9.92 Å². The number of benzene rings is 2. The van der Waals surface area contributed by atoms with E-state index in [1.54, 1.807) is 18.3 Å². The normalized spacial score (nSPS) is 10.7. The molecule has 0 aliphatic heterocycles. The second-order valence-corrected chi connectivity index (χ2v) is 7.03. The smallest absolute Gasteiger partial charge is 0.334 e. The van der Waals surface area contributed by atoms with Crippen LogP contribution in [0.5, 0.6) is 0 Å². The van der Waals surface area contributed by atoms with E-state index in [1.807, 2.05) is 24.3 Å². The number of rotatable bonds is 6. The number of anilines is 2. The molecule has 0 atom stereocenters. The van der Waals surface area contributed by atoms with Crippen molar-refractivity contribution in [2.75, 3.05) is 5.32 Å². The number of nitro groups is 2.